The third kappa shape index (κ3) is 2.41. The number of hydrogen-bond donors (Lipinski definition) is 0. The highest BCUT2D eigenvalue weighted by atomic mass is 16.3. The Kier molecular flexibility index (Phi) is 3.35. The van der Waals surface area contributed by atoms with Crippen LogP contribution in [0, 0.1) is 0 Å². The van der Waals surface area contributed by atoms with Gasteiger partial charge >= 0.3 is 0 Å². The topological polar surface area (TPSA) is 36.7 Å². The Labute approximate surface area is 114 Å². The number of furan rings is 1. The van der Waals surface area contributed by atoms with Crippen molar-refractivity contribution in [1.82, 2.24) is 9.80 Å². The van der Waals surface area contributed by atoms with Gasteiger partial charge in [-0.2, -0.15) is 0 Å². The summed E-state index contributed by atoms with van der Waals surface area (Å²) in [4.78, 5) is 16.5. The predicted octanol–water partition coefficient (Wildman–Crippen LogP) is 2.26. The van der Waals surface area contributed by atoms with E-state index in [4.69, 9.17) is 4.42 Å². The lowest BCUT2D eigenvalue weighted by molar-refractivity contribution is -0.142. The monoisotopic (exact) mass is 262 g/mol. The number of carbonyl (C=O) groups is 1. The zero-order valence-corrected chi connectivity index (χ0v) is 11.6. The van der Waals surface area contributed by atoms with Crippen LogP contribution in [0.4, 0.5) is 0 Å². The molecule has 4 heteroatoms. The molecule has 0 radical (unpaired) electrons. The Hall–Kier alpha value is -1.29. The molecule has 0 bridgehead atoms. The van der Waals surface area contributed by atoms with Crippen LogP contribution < -0.4 is 0 Å². The molecule has 3 rings (SSSR count). The maximum absolute atomic E-state index is 12.0. The lowest BCUT2D eigenvalue weighted by Crippen LogP contribution is -2.60. The van der Waals surface area contributed by atoms with Gasteiger partial charge in [0.1, 0.15) is 0 Å². The van der Waals surface area contributed by atoms with Crippen molar-refractivity contribution >= 4 is 5.91 Å². The third-order valence-electron chi connectivity index (χ3n) is 4.74. The standard InChI is InChI=1S/C15H22N2O2/c1-16-14(18)4-2-6-15(16)7-3-8-17(12-15)10-13-5-9-19-11-13/h5,9,11H,2-4,6-8,10,12H2,1H3/t15-/m0/s1. The molecule has 4 nitrogen and oxygen atoms in total. The highest BCUT2D eigenvalue weighted by Crippen LogP contribution is 2.36. The summed E-state index contributed by atoms with van der Waals surface area (Å²) in [7, 11) is 1.99. The van der Waals surface area contributed by atoms with E-state index in [0.717, 1.165) is 45.3 Å². The first-order valence-corrected chi connectivity index (χ1v) is 7.20. The van der Waals surface area contributed by atoms with Crippen LogP contribution in [0.5, 0.6) is 0 Å². The van der Waals surface area contributed by atoms with E-state index in [0.29, 0.717) is 5.91 Å². The zero-order chi connectivity index (χ0) is 13.3. The van der Waals surface area contributed by atoms with E-state index in [2.05, 4.69) is 4.90 Å². The van der Waals surface area contributed by atoms with Crippen LogP contribution in [0.2, 0.25) is 0 Å². The maximum atomic E-state index is 12.0. The molecule has 2 fully saturated rings. The highest BCUT2D eigenvalue weighted by molar-refractivity contribution is 5.77. The normalized spacial score (nSPS) is 29.1. The molecule has 1 atom stereocenters. The minimum absolute atomic E-state index is 0.0807. The van der Waals surface area contributed by atoms with Crippen LogP contribution in [-0.2, 0) is 11.3 Å². The van der Waals surface area contributed by atoms with Gasteiger partial charge < -0.3 is 9.32 Å². The third-order valence-corrected chi connectivity index (χ3v) is 4.74. The summed E-state index contributed by atoms with van der Waals surface area (Å²) in [5.41, 5.74) is 1.30. The predicted molar refractivity (Wildman–Crippen MR) is 72.6 cm³/mol. The van der Waals surface area contributed by atoms with Crippen LogP contribution in [0.15, 0.2) is 23.0 Å². The Morgan fingerprint density at radius 2 is 2.21 bits per heavy atom. The van der Waals surface area contributed by atoms with Crippen molar-refractivity contribution < 1.29 is 9.21 Å². The van der Waals surface area contributed by atoms with Gasteiger partial charge in [0.25, 0.3) is 0 Å². The summed E-state index contributed by atoms with van der Waals surface area (Å²) in [6.07, 6.45) is 8.79. The Morgan fingerprint density at radius 1 is 1.37 bits per heavy atom. The number of amides is 1. The van der Waals surface area contributed by atoms with Crippen LogP contribution in [-0.4, -0.2) is 41.4 Å². The van der Waals surface area contributed by atoms with E-state index < -0.39 is 0 Å². The van der Waals surface area contributed by atoms with Gasteiger partial charge in [-0.3, -0.25) is 9.69 Å². The molecule has 1 spiro atoms. The molecular weight excluding hydrogens is 240 g/mol. The largest absolute Gasteiger partial charge is 0.472 e. The Bertz CT molecular complexity index is 439. The van der Waals surface area contributed by atoms with Crippen LogP contribution in [0.1, 0.15) is 37.7 Å². The molecule has 2 aliphatic heterocycles. The molecule has 3 heterocycles. The van der Waals surface area contributed by atoms with E-state index in [9.17, 15) is 4.79 Å². The van der Waals surface area contributed by atoms with E-state index >= 15 is 0 Å². The fraction of sp³-hybridized carbons (Fsp3) is 0.667. The number of hydrogen-bond acceptors (Lipinski definition) is 3. The average Bonchev–Trinajstić information content (AvgIpc) is 2.89. The first-order chi connectivity index (χ1) is 9.20. The van der Waals surface area contributed by atoms with E-state index in [1.165, 1.54) is 12.0 Å². The number of likely N-dealkylation sites (tertiary alicyclic amines) is 2. The average molecular weight is 262 g/mol. The van der Waals surface area contributed by atoms with Crippen molar-refractivity contribution in [3.05, 3.63) is 24.2 Å². The molecule has 1 aromatic heterocycles. The fourth-order valence-electron chi connectivity index (χ4n) is 3.63. The van der Waals surface area contributed by atoms with E-state index in [1.54, 1.807) is 6.26 Å². The molecule has 104 valence electrons. The molecule has 1 aromatic rings. The summed E-state index contributed by atoms with van der Waals surface area (Å²) in [6.45, 7) is 3.05. The smallest absolute Gasteiger partial charge is 0.222 e. The SMILES string of the molecule is CN1C(=O)CCC[C@@]12CCCN(Cc1ccoc1)C2. The number of nitrogens with zero attached hydrogens (tertiary/aromatic N) is 2. The van der Waals surface area contributed by atoms with Crippen LogP contribution in [0.25, 0.3) is 0 Å². The molecule has 0 saturated carbocycles. The molecule has 0 aromatic carbocycles. The van der Waals surface area contributed by atoms with Gasteiger partial charge in [0.2, 0.25) is 5.91 Å². The van der Waals surface area contributed by atoms with Crippen molar-refractivity contribution in [2.45, 2.75) is 44.2 Å². The van der Waals surface area contributed by atoms with E-state index in [-0.39, 0.29) is 5.54 Å². The fourth-order valence-corrected chi connectivity index (χ4v) is 3.63. The quantitative estimate of drug-likeness (QED) is 0.820. The number of likely N-dealkylation sites (N-methyl/N-ethyl adjacent to an activating group) is 1. The summed E-state index contributed by atoms with van der Waals surface area (Å²) >= 11 is 0. The minimum atomic E-state index is 0.0807. The van der Waals surface area contributed by atoms with Crippen molar-refractivity contribution in [1.29, 1.82) is 0 Å². The van der Waals surface area contributed by atoms with Crippen molar-refractivity contribution in [2.24, 2.45) is 0 Å². The van der Waals surface area contributed by atoms with Crippen molar-refractivity contribution in [3.8, 4) is 0 Å². The summed E-state index contributed by atoms with van der Waals surface area (Å²) in [6, 6.07) is 2.02. The number of rotatable bonds is 2. The molecule has 0 N–H and O–H groups in total. The second-order valence-corrected chi connectivity index (χ2v) is 5.98. The summed E-state index contributed by atoms with van der Waals surface area (Å²) < 4.78 is 5.14. The Balaban J connectivity index is 1.71. The zero-order valence-electron chi connectivity index (χ0n) is 11.6. The number of carbonyl (C=O) groups excluding carboxylic acids is 1. The molecular formula is C15H22N2O2. The maximum Gasteiger partial charge on any atom is 0.222 e. The molecule has 0 unspecified atom stereocenters. The summed E-state index contributed by atoms with van der Waals surface area (Å²) in [5, 5.41) is 0. The minimum Gasteiger partial charge on any atom is -0.472 e. The molecule has 19 heavy (non-hydrogen) atoms. The van der Waals surface area contributed by atoms with E-state index in [1.807, 2.05) is 24.3 Å². The lowest BCUT2D eigenvalue weighted by Gasteiger charge is -2.50. The van der Waals surface area contributed by atoms with Crippen LogP contribution in [0.3, 0.4) is 0 Å². The van der Waals surface area contributed by atoms with Crippen molar-refractivity contribution in [3.63, 3.8) is 0 Å². The molecule has 2 saturated heterocycles. The summed E-state index contributed by atoms with van der Waals surface area (Å²) in [5.74, 6) is 0.316. The van der Waals surface area contributed by atoms with Gasteiger partial charge in [-0.15, -0.1) is 0 Å². The first-order valence-electron chi connectivity index (χ1n) is 7.20. The van der Waals surface area contributed by atoms with Gasteiger partial charge in [0.15, 0.2) is 0 Å². The van der Waals surface area contributed by atoms with Gasteiger partial charge in [0, 0.05) is 32.1 Å². The number of piperidine rings is 2. The van der Waals surface area contributed by atoms with Gasteiger partial charge in [-0.25, -0.2) is 0 Å². The van der Waals surface area contributed by atoms with Crippen molar-refractivity contribution in [2.75, 3.05) is 20.1 Å². The molecule has 2 aliphatic rings. The van der Waals surface area contributed by atoms with Crippen LogP contribution >= 0.6 is 0 Å². The van der Waals surface area contributed by atoms with Gasteiger partial charge in [-0.1, -0.05) is 0 Å². The highest BCUT2D eigenvalue weighted by Gasteiger charge is 2.42. The van der Waals surface area contributed by atoms with Gasteiger partial charge in [0.05, 0.1) is 18.1 Å². The van der Waals surface area contributed by atoms with Gasteiger partial charge in [-0.05, 0) is 38.3 Å². The first kappa shape index (κ1) is 12.7. The molecule has 1 amide bonds. The molecule has 0 aliphatic carbocycles. The second-order valence-electron chi connectivity index (χ2n) is 5.98. The second kappa shape index (κ2) is 5.00. The Morgan fingerprint density at radius 3 is 3.00 bits per heavy atom. The lowest BCUT2D eigenvalue weighted by atomic mass is 9.80.